The van der Waals surface area contributed by atoms with E-state index in [-0.39, 0.29) is 23.1 Å². The highest BCUT2D eigenvalue weighted by molar-refractivity contribution is 7.12. The Bertz CT molecular complexity index is 883. The van der Waals surface area contributed by atoms with Crippen molar-refractivity contribution < 1.29 is 9.59 Å². The van der Waals surface area contributed by atoms with Gasteiger partial charge in [-0.25, -0.2) is 0 Å². The summed E-state index contributed by atoms with van der Waals surface area (Å²) >= 11 is 1.48. The Labute approximate surface area is 176 Å². The Kier molecular flexibility index (Phi) is 5.51. The summed E-state index contributed by atoms with van der Waals surface area (Å²) < 4.78 is 1.79. The minimum atomic E-state index is -0.117. The number of likely N-dealkylation sites (tertiary alicyclic amines) is 1. The maximum atomic E-state index is 13.6. The lowest BCUT2D eigenvalue weighted by Gasteiger charge is -2.38. The molecule has 7 heteroatoms. The molecular weight excluding hydrogens is 384 g/mol. The molecule has 0 radical (unpaired) electrons. The highest BCUT2D eigenvalue weighted by Crippen LogP contribution is 2.48. The van der Waals surface area contributed by atoms with Crippen LogP contribution in [0, 0.1) is 18.3 Å². The first kappa shape index (κ1) is 20.1. The summed E-state index contributed by atoms with van der Waals surface area (Å²) in [4.78, 5) is 31.1. The van der Waals surface area contributed by atoms with Gasteiger partial charge in [-0.2, -0.15) is 5.10 Å². The Hall–Kier alpha value is -2.15. The minimum absolute atomic E-state index is 0.0690. The lowest BCUT2D eigenvalue weighted by molar-refractivity contribution is -0.138. The van der Waals surface area contributed by atoms with E-state index in [9.17, 15) is 9.59 Å². The Morgan fingerprint density at radius 2 is 2.07 bits per heavy atom. The summed E-state index contributed by atoms with van der Waals surface area (Å²) in [5.74, 6) is 0.122. The van der Waals surface area contributed by atoms with Gasteiger partial charge in [0.2, 0.25) is 5.91 Å². The molecule has 0 N–H and O–H groups in total. The molecule has 2 aromatic heterocycles. The van der Waals surface area contributed by atoms with Crippen LogP contribution < -0.4 is 0 Å². The zero-order valence-electron chi connectivity index (χ0n) is 17.6. The molecule has 2 aliphatic rings. The highest BCUT2D eigenvalue weighted by Gasteiger charge is 2.52. The fourth-order valence-electron chi connectivity index (χ4n) is 5.19. The molecule has 6 nitrogen and oxygen atoms in total. The van der Waals surface area contributed by atoms with Crippen LogP contribution in [-0.2, 0) is 18.4 Å². The summed E-state index contributed by atoms with van der Waals surface area (Å²) in [6, 6.07) is 3.80. The van der Waals surface area contributed by atoms with Crippen molar-refractivity contribution in [2.24, 2.45) is 18.4 Å². The normalized spacial score (nSPS) is 20.9. The van der Waals surface area contributed by atoms with Gasteiger partial charge in [-0.15, -0.1) is 11.3 Å². The molecule has 0 bridgehead atoms. The van der Waals surface area contributed by atoms with Crippen molar-refractivity contribution >= 4 is 23.2 Å². The van der Waals surface area contributed by atoms with Gasteiger partial charge < -0.3 is 9.80 Å². The van der Waals surface area contributed by atoms with Crippen molar-refractivity contribution in [1.29, 1.82) is 0 Å². The van der Waals surface area contributed by atoms with Crippen LogP contribution in [0.2, 0.25) is 0 Å². The summed E-state index contributed by atoms with van der Waals surface area (Å²) in [5.41, 5.74) is 1.96. The van der Waals surface area contributed by atoms with Crippen molar-refractivity contribution in [2.75, 3.05) is 20.1 Å². The van der Waals surface area contributed by atoms with E-state index in [1.807, 2.05) is 54.5 Å². The number of carbonyl (C=O) groups excluding carboxylic acids is 2. The quantitative estimate of drug-likeness (QED) is 0.770. The van der Waals surface area contributed by atoms with Gasteiger partial charge >= 0.3 is 0 Å². The Morgan fingerprint density at radius 1 is 1.31 bits per heavy atom. The molecule has 3 heterocycles. The van der Waals surface area contributed by atoms with Crippen LogP contribution in [0.4, 0.5) is 0 Å². The number of aryl methyl sites for hydroxylation is 2. The van der Waals surface area contributed by atoms with E-state index in [0.717, 1.165) is 41.8 Å². The second-order valence-electron chi connectivity index (χ2n) is 8.75. The van der Waals surface area contributed by atoms with Crippen molar-refractivity contribution in [2.45, 2.75) is 45.6 Å². The first-order chi connectivity index (χ1) is 13.9. The van der Waals surface area contributed by atoms with Crippen LogP contribution in [-0.4, -0.2) is 51.5 Å². The van der Waals surface area contributed by atoms with Gasteiger partial charge in [0.25, 0.3) is 5.91 Å². The van der Waals surface area contributed by atoms with Gasteiger partial charge in [-0.1, -0.05) is 25.3 Å². The number of rotatable bonds is 4. The summed E-state index contributed by atoms with van der Waals surface area (Å²) in [5, 5.41) is 6.33. The molecule has 1 aliphatic carbocycles. The highest BCUT2D eigenvalue weighted by atomic mass is 32.1. The standard InChI is InChI=1S/C22H30N4O2S/c1-16-17(13-25(3)23-16)12-24(2)20(27)18-14-26(21(28)19-8-7-11-29-19)15-22(18)9-5-4-6-10-22/h7-8,11,13,18H,4-6,9-10,12,14-15H2,1-3H3. The smallest absolute Gasteiger partial charge is 0.263 e. The van der Waals surface area contributed by atoms with Crippen molar-refractivity contribution in [3.63, 3.8) is 0 Å². The van der Waals surface area contributed by atoms with E-state index < -0.39 is 0 Å². The zero-order chi connectivity index (χ0) is 20.6. The van der Waals surface area contributed by atoms with E-state index in [2.05, 4.69) is 5.10 Å². The fourth-order valence-corrected chi connectivity index (χ4v) is 5.88. The van der Waals surface area contributed by atoms with Crippen molar-refractivity contribution in [3.8, 4) is 0 Å². The van der Waals surface area contributed by atoms with Crippen LogP contribution >= 0.6 is 11.3 Å². The van der Waals surface area contributed by atoms with Crippen LogP contribution in [0.1, 0.15) is 53.0 Å². The van der Waals surface area contributed by atoms with E-state index >= 15 is 0 Å². The number of hydrogen-bond acceptors (Lipinski definition) is 4. The second-order valence-corrected chi connectivity index (χ2v) is 9.69. The van der Waals surface area contributed by atoms with E-state index in [1.54, 1.807) is 4.68 Å². The molecule has 1 spiro atoms. The first-order valence-electron chi connectivity index (χ1n) is 10.5. The summed E-state index contributed by atoms with van der Waals surface area (Å²) in [7, 11) is 3.79. The number of hydrogen-bond donors (Lipinski definition) is 0. The molecule has 1 saturated carbocycles. The predicted molar refractivity (Wildman–Crippen MR) is 114 cm³/mol. The average molecular weight is 415 g/mol. The third kappa shape index (κ3) is 3.84. The van der Waals surface area contributed by atoms with Gasteiger partial charge in [0.15, 0.2) is 0 Å². The van der Waals surface area contributed by atoms with Gasteiger partial charge in [-0.3, -0.25) is 14.3 Å². The molecule has 2 aromatic rings. The Morgan fingerprint density at radius 3 is 2.69 bits per heavy atom. The Balaban J connectivity index is 1.55. The van der Waals surface area contributed by atoms with Crippen LogP contribution in [0.3, 0.4) is 0 Å². The maximum absolute atomic E-state index is 13.6. The molecule has 2 amide bonds. The molecule has 156 valence electrons. The largest absolute Gasteiger partial charge is 0.341 e. The third-order valence-electron chi connectivity index (χ3n) is 6.71. The summed E-state index contributed by atoms with van der Waals surface area (Å²) in [6.07, 6.45) is 7.59. The van der Waals surface area contributed by atoms with Crippen LogP contribution in [0.5, 0.6) is 0 Å². The monoisotopic (exact) mass is 414 g/mol. The average Bonchev–Trinajstić information content (AvgIpc) is 3.42. The number of nitrogens with zero attached hydrogens (tertiary/aromatic N) is 4. The molecule has 1 atom stereocenters. The third-order valence-corrected chi connectivity index (χ3v) is 7.57. The van der Waals surface area contributed by atoms with E-state index in [1.165, 1.54) is 17.8 Å². The lowest BCUT2D eigenvalue weighted by Crippen LogP contribution is -2.43. The predicted octanol–water partition coefficient (Wildman–Crippen LogP) is 3.47. The molecule has 2 fully saturated rings. The number of carbonyl (C=O) groups is 2. The van der Waals surface area contributed by atoms with Crippen molar-refractivity contribution in [3.05, 3.63) is 39.8 Å². The number of aromatic nitrogens is 2. The molecule has 29 heavy (non-hydrogen) atoms. The molecule has 0 aromatic carbocycles. The molecule has 4 rings (SSSR count). The zero-order valence-corrected chi connectivity index (χ0v) is 18.4. The minimum Gasteiger partial charge on any atom is -0.341 e. The summed E-state index contributed by atoms with van der Waals surface area (Å²) in [6.45, 7) is 3.78. The van der Waals surface area contributed by atoms with Gasteiger partial charge in [0.05, 0.1) is 16.5 Å². The molecular formula is C22H30N4O2S. The SMILES string of the molecule is Cc1nn(C)cc1CN(C)C(=O)C1CN(C(=O)c2cccs2)CC12CCCCC2. The van der Waals surface area contributed by atoms with E-state index in [4.69, 9.17) is 0 Å². The van der Waals surface area contributed by atoms with Gasteiger partial charge in [0, 0.05) is 50.9 Å². The first-order valence-corrected chi connectivity index (χ1v) is 11.3. The molecule has 1 saturated heterocycles. The number of thiophene rings is 1. The van der Waals surface area contributed by atoms with Crippen LogP contribution in [0.25, 0.3) is 0 Å². The van der Waals surface area contributed by atoms with Gasteiger partial charge in [0.1, 0.15) is 0 Å². The fraction of sp³-hybridized carbons (Fsp3) is 0.591. The van der Waals surface area contributed by atoms with Crippen LogP contribution in [0.15, 0.2) is 23.7 Å². The van der Waals surface area contributed by atoms with Gasteiger partial charge in [-0.05, 0) is 31.2 Å². The molecule has 1 aliphatic heterocycles. The lowest BCUT2D eigenvalue weighted by atomic mass is 9.67. The second kappa shape index (κ2) is 7.94. The maximum Gasteiger partial charge on any atom is 0.263 e. The topological polar surface area (TPSA) is 58.4 Å². The molecule has 1 unspecified atom stereocenters. The van der Waals surface area contributed by atoms with E-state index in [0.29, 0.717) is 19.6 Å². The van der Waals surface area contributed by atoms with Crippen molar-refractivity contribution in [1.82, 2.24) is 19.6 Å². The number of amides is 2.